The Balaban J connectivity index is 3.86. The Morgan fingerprint density at radius 2 is 1.33 bits per heavy atom. The second-order valence-corrected chi connectivity index (χ2v) is 4.48. The average Bonchev–Trinajstić information content (AvgIpc) is 2.29. The molecule has 0 heterocycles. The van der Waals surface area contributed by atoms with E-state index < -0.39 is 17.7 Å². The Labute approximate surface area is 112 Å². The summed E-state index contributed by atoms with van der Waals surface area (Å²) in [5, 5.41) is 28.1. The van der Waals surface area contributed by atoms with E-state index in [0.29, 0.717) is 28.4 Å². The summed E-state index contributed by atoms with van der Waals surface area (Å²) in [7, 11) is 0. The van der Waals surface area contributed by atoms with Crippen LogP contribution in [0.2, 0.25) is 0 Å². The second-order valence-electron chi connectivity index (χ2n) is 3.69. The standard InChI is InChI=1S/C12H13BrO5/c1-3-5-7(11(15)16)10(14)8(12(17)18)6(4-2)9(5)13/h14H,3-4H2,1-2H3,(H,15,16)(H,17,18). The molecule has 0 bridgehead atoms. The lowest BCUT2D eigenvalue weighted by Crippen LogP contribution is -2.12. The zero-order valence-corrected chi connectivity index (χ0v) is 11.5. The van der Waals surface area contributed by atoms with Crippen molar-refractivity contribution in [3.05, 3.63) is 26.7 Å². The van der Waals surface area contributed by atoms with Crippen molar-refractivity contribution in [1.82, 2.24) is 0 Å². The predicted molar refractivity (Wildman–Crippen MR) is 68.5 cm³/mol. The van der Waals surface area contributed by atoms with Crippen LogP contribution in [0.25, 0.3) is 0 Å². The van der Waals surface area contributed by atoms with E-state index in [1.165, 1.54) is 0 Å². The van der Waals surface area contributed by atoms with Gasteiger partial charge in [0.2, 0.25) is 0 Å². The lowest BCUT2D eigenvalue weighted by Gasteiger charge is -2.16. The maximum Gasteiger partial charge on any atom is 0.339 e. The topological polar surface area (TPSA) is 94.8 Å². The smallest absolute Gasteiger partial charge is 0.339 e. The van der Waals surface area contributed by atoms with Crippen molar-refractivity contribution in [2.24, 2.45) is 0 Å². The first-order chi connectivity index (χ1) is 8.36. The molecule has 5 nitrogen and oxygen atoms in total. The molecule has 0 aliphatic rings. The average molecular weight is 317 g/mol. The summed E-state index contributed by atoms with van der Waals surface area (Å²) >= 11 is 3.24. The van der Waals surface area contributed by atoms with Crippen LogP contribution in [0.15, 0.2) is 4.47 Å². The molecule has 18 heavy (non-hydrogen) atoms. The van der Waals surface area contributed by atoms with E-state index in [1.807, 2.05) is 0 Å². The highest BCUT2D eigenvalue weighted by molar-refractivity contribution is 9.10. The number of hydrogen-bond donors (Lipinski definition) is 3. The molecule has 0 unspecified atom stereocenters. The molecule has 6 heteroatoms. The Morgan fingerprint density at radius 3 is 1.56 bits per heavy atom. The summed E-state index contributed by atoms with van der Waals surface area (Å²) in [6.07, 6.45) is 0.755. The minimum atomic E-state index is -1.34. The third kappa shape index (κ3) is 2.20. The third-order valence-corrected chi connectivity index (χ3v) is 3.70. The molecule has 3 N–H and O–H groups in total. The minimum absolute atomic E-state index is 0.348. The van der Waals surface area contributed by atoms with Crippen molar-refractivity contribution in [2.45, 2.75) is 26.7 Å². The predicted octanol–water partition coefficient (Wildman–Crippen LogP) is 2.68. The van der Waals surface area contributed by atoms with Gasteiger partial charge in [-0.05, 0) is 24.0 Å². The van der Waals surface area contributed by atoms with Crippen molar-refractivity contribution in [2.75, 3.05) is 0 Å². The van der Waals surface area contributed by atoms with Gasteiger partial charge in [-0.15, -0.1) is 0 Å². The largest absolute Gasteiger partial charge is 0.506 e. The summed E-state index contributed by atoms with van der Waals surface area (Å²) < 4.78 is 0.445. The summed E-state index contributed by atoms with van der Waals surface area (Å²) in [4.78, 5) is 22.3. The highest BCUT2D eigenvalue weighted by Gasteiger charge is 2.27. The van der Waals surface area contributed by atoms with Crippen molar-refractivity contribution < 1.29 is 24.9 Å². The monoisotopic (exact) mass is 316 g/mol. The Morgan fingerprint density at radius 1 is 1.00 bits per heavy atom. The quantitative estimate of drug-likeness (QED) is 0.793. The van der Waals surface area contributed by atoms with Crippen LogP contribution in [0.3, 0.4) is 0 Å². The van der Waals surface area contributed by atoms with E-state index in [2.05, 4.69) is 15.9 Å². The first kappa shape index (κ1) is 14.5. The van der Waals surface area contributed by atoms with Crippen LogP contribution in [0, 0.1) is 0 Å². The number of aromatic carboxylic acids is 2. The molecule has 0 saturated heterocycles. The van der Waals surface area contributed by atoms with Crippen LogP contribution in [0.5, 0.6) is 5.75 Å². The molecule has 0 spiro atoms. The minimum Gasteiger partial charge on any atom is -0.506 e. The fraction of sp³-hybridized carbons (Fsp3) is 0.333. The van der Waals surface area contributed by atoms with Gasteiger partial charge in [0, 0.05) is 4.47 Å². The van der Waals surface area contributed by atoms with E-state index in [4.69, 9.17) is 10.2 Å². The van der Waals surface area contributed by atoms with Crippen molar-refractivity contribution >= 4 is 27.9 Å². The maximum atomic E-state index is 11.2. The van der Waals surface area contributed by atoms with Gasteiger partial charge in [0.05, 0.1) is 0 Å². The van der Waals surface area contributed by atoms with Gasteiger partial charge in [-0.2, -0.15) is 0 Å². The van der Waals surface area contributed by atoms with E-state index in [1.54, 1.807) is 13.8 Å². The number of aromatic hydroxyl groups is 1. The van der Waals surface area contributed by atoms with Crippen LogP contribution < -0.4 is 0 Å². The van der Waals surface area contributed by atoms with Gasteiger partial charge >= 0.3 is 11.9 Å². The number of carboxylic acids is 2. The number of phenols is 1. The SMILES string of the molecule is CCc1c(Br)c(CC)c(C(=O)O)c(O)c1C(=O)O. The Kier molecular flexibility index (Phi) is 4.34. The summed E-state index contributed by atoms with van der Waals surface area (Å²) in [6.45, 7) is 3.48. The first-order valence-corrected chi connectivity index (χ1v) is 6.18. The van der Waals surface area contributed by atoms with E-state index in [0.717, 1.165) is 0 Å². The van der Waals surface area contributed by atoms with Crippen LogP contribution in [-0.2, 0) is 12.8 Å². The van der Waals surface area contributed by atoms with E-state index in [9.17, 15) is 14.7 Å². The normalized spacial score (nSPS) is 10.4. The van der Waals surface area contributed by atoms with Crippen molar-refractivity contribution in [3.63, 3.8) is 0 Å². The fourth-order valence-electron chi connectivity index (χ4n) is 1.94. The van der Waals surface area contributed by atoms with E-state index >= 15 is 0 Å². The van der Waals surface area contributed by atoms with Crippen LogP contribution >= 0.6 is 15.9 Å². The summed E-state index contributed by atoms with van der Waals surface area (Å²) in [5.41, 5.74) is 0.113. The van der Waals surface area contributed by atoms with Gasteiger partial charge in [0.15, 0.2) is 0 Å². The van der Waals surface area contributed by atoms with E-state index in [-0.39, 0.29) is 11.1 Å². The maximum absolute atomic E-state index is 11.2. The second kappa shape index (κ2) is 5.39. The van der Waals surface area contributed by atoms with Crippen LogP contribution in [0.1, 0.15) is 45.7 Å². The number of rotatable bonds is 4. The molecule has 0 atom stereocenters. The molecular weight excluding hydrogens is 304 g/mol. The summed E-state index contributed by atoms with van der Waals surface area (Å²) in [5.74, 6) is -3.35. The molecule has 98 valence electrons. The van der Waals surface area contributed by atoms with Gasteiger partial charge in [0.25, 0.3) is 0 Å². The summed E-state index contributed by atoms with van der Waals surface area (Å²) in [6, 6.07) is 0. The molecule has 1 rings (SSSR count). The van der Waals surface area contributed by atoms with Gasteiger partial charge in [-0.3, -0.25) is 0 Å². The zero-order valence-electron chi connectivity index (χ0n) is 9.95. The number of benzene rings is 1. The van der Waals surface area contributed by atoms with Gasteiger partial charge in [-0.1, -0.05) is 29.8 Å². The number of hydrogen-bond acceptors (Lipinski definition) is 3. The highest BCUT2D eigenvalue weighted by Crippen LogP contribution is 2.37. The van der Waals surface area contributed by atoms with Gasteiger partial charge in [0.1, 0.15) is 16.9 Å². The first-order valence-electron chi connectivity index (χ1n) is 5.39. The molecule has 0 aliphatic heterocycles. The lowest BCUT2D eigenvalue weighted by molar-refractivity contribution is 0.0690. The molecule has 0 radical (unpaired) electrons. The molecule has 1 aromatic rings. The third-order valence-electron chi connectivity index (χ3n) is 2.74. The van der Waals surface area contributed by atoms with Gasteiger partial charge in [-0.25, -0.2) is 9.59 Å². The number of carbonyl (C=O) groups is 2. The molecule has 0 aliphatic carbocycles. The zero-order chi connectivity index (χ0) is 14.0. The van der Waals surface area contributed by atoms with Crippen LogP contribution in [-0.4, -0.2) is 27.3 Å². The van der Waals surface area contributed by atoms with Crippen molar-refractivity contribution in [3.8, 4) is 5.75 Å². The van der Waals surface area contributed by atoms with Crippen LogP contribution in [0.4, 0.5) is 0 Å². The molecule has 0 saturated carbocycles. The van der Waals surface area contributed by atoms with Gasteiger partial charge < -0.3 is 15.3 Å². The molecule has 0 aromatic heterocycles. The Hall–Kier alpha value is -1.56. The fourth-order valence-corrected chi connectivity index (χ4v) is 2.89. The molecule has 1 aromatic carbocycles. The lowest BCUT2D eigenvalue weighted by atomic mass is 9.94. The Bertz CT molecular complexity index is 479. The number of halogens is 1. The molecular formula is C12H13BrO5. The molecule has 0 fully saturated rings. The number of carboxylic acid groups (broad SMARTS) is 2. The highest BCUT2D eigenvalue weighted by atomic mass is 79.9. The van der Waals surface area contributed by atoms with Crippen molar-refractivity contribution in [1.29, 1.82) is 0 Å². The molecule has 0 amide bonds.